The molecule has 0 aromatic carbocycles. The number of hydrogen-bond donors (Lipinski definition) is 1. The topological polar surface area (TPSA) is 44.0 Å². The van der Waals surface area contributed by atoms with Crippen molar-refractivity contribution in [3.63, 3.8) is 0 Å². The largest absolute Gasteiger partial charge is 0.393 e. The first-order chi connectivity index (χ1) is 4.84. The van der Waals surface area contributed by atoms with Crippen molar-refractivity contribution in [2.45, 2.75) is 38.2 Å². The monoisotopic (exact) mass is 139 g/mol. The summed E-state index contributed by atoms with van der Waals surface area (Å²) in [7, 11) is 0. The molecule has 2 nitrogen and oxygen atoms in total. The zero-order valence-electron chi connectivity index (χ0n) is 6.08. The quantitative estimate of drug-likeness (QED) is 0.597. The van der Waals surface area contributed by atoms with Crippen LogP contribution in [-0.4, -0.2) is 11.2 Å². The van der Waals surface area contributed by atoms with Crippen LogP contribution in [0.1, 0.15) is 32.1 Å². The van der Waals surface area contributed by atoms with Gasteiger partial charge in [0.05, 0.1) is 12.2 Å². The van der Waals surface area contributed by atoms with Crippen molar-refractivity contribution >= 4 is 0 Å². The fourth-order valence-corrected chi connectivity index (χ4v) is 1.54. The van der Waals surface area contributed by atoms with Gasteiger partial charge in [0, 0.05) is 6.42 Å². The second-order valence-electron chi connectivity index (χ2n) is 2.97. The average Bonchev–Trinajstić information content (AvgIpc) is 1.94. The summed E-state index contributed by atoms with van der Waals surface area (Å²) in [6.07, 6.45) is 4.57. The summed E-state index contributed by atoms with van der Waals surface area (Å²) in [5.74, 6) is 0.263. The van der Waals surface area contributed by atoms with E-state index in [0.717, 1.165) is 19.3 Å². The Morgan fingerprint density at radius 1 is 1.40 bits per heavy atom. The molecule has 0 aliphatic heterocycles. The first-order valence-electron chi connectivity index (χ1n) is 3.89. The fraction of sp³-hybridized carbons (Fsp3) is 0.875. The molecule has 0 amide bonds. The van der Waals surface area contributed by atoms with Crippen molar-refractivity contribution in [2.75, 3.05) is 0 Å². The molecule has 1 unspecified atom stereocenters. The molecule has 10 heavy (non-hydrogen) atoms. The Morgan fingerprint density at radius 3 is 2.70 bits per heavy atom. The molecule has 0 aromatic rings. The summed E-state index contributed by atoms with van der Waals surface area (Å²) in [6.45, 7) is 0. The van der Waals surface area contributed by atoms with Gasteiger partial charge in [0.2, 0.25) is 0 Å². The molecule has 1 N–H and O–H groups in total. The van der Waals surface area contributed by atoms with Crippen molar-refractivity contribution in [1.29, 1.82) is 5.26 Å². The van der Waals surface area contributed by atoms with Crippen molar-refractivity contribution in [3.8, 4) is 6.07 Å². The molecule has 1 rings (SSSR count). The van der Waals surface area contributed by atoms with Gasteiger partial charge in [0.1, 0.15) is 0 Å². The van der Waals surface area contributed by atoms with Crippen LogP contribution < -0.4 is 0 Å². The molecule has 56 valence electrons. The van der Waals surface area contributed by atoms with Crippen LogP contribution in [0.3, 0.4) is 0 Å². The number of aliphatic hydroxyl groups excluding tert-OH is 1. The normalized spacial score (nSPS) is 33.2. The predicted octanol–water partition coefficient (Wildman–Crippen LogP) is 1.45. The van der Waals surface area contributed by atoms with Gasteiger partial charge in [0.15, 0.2) is 0 Å². The van der Waals surface area contributed by atoms with E-state index in [1.807, 2.05) is 0 Å². The van der Waals surface area contributed by atoms with Crippen LogP contribution in [-0.2, 0) is 0 Å². The van der Waals surface area contributed by atoms with E-state index in [-0.39, 0.29) is 12.0 Å². The molecule has 1 aliphatic carbocycles. The summed E-state index contributed by atoms with van der Waals surface area (Å²) in [6, 6.07) is 2.11. The van der Waals surface area contributed by atoms with E-state index >= 15 is 0 Å². The Hall–Kier alpha value is -0.550. The molecule has 0 heterocycles. The third-order valence-corrected chi connectivity index (χ3v) is 2.22. The fourth-order valence-electron chi connectivity index (χ4n) is 1.54. The molecule has 1 saturated carbocycles. The molecular formula is C8H13NO. The SMILES string of the molecule is N#CC[C@@H]1CCCCC1O. The van der Waals surface area contributed by atoms with Crippen molar-refractivity contribution in [2.24, 2.45) is 5.92 Å². The predicted molar refractivity (Wildman–Crippen MR) is 38.2 cm³/mol. The minimum Gasteiger partial charge on any atom is -0.393 e. The molecule has 1 fully saturated rings. The van der Waals surface area contributed by atoms with Crippen LogP contribution in [0.4, 0.5) is 0 Å². The molecular weight excluding hydrogens is 126 g/mol. The first-order valence-corrected chi connectivity index (χ1v) is 3.89. The van der Waals surface area contributed by atoms with Crippen LogP contribution in [0.25, 0.3) is 0 Å². The lowest BCUT2D eigenvalue weighted by Gasteiger charge is -2.24. The lowest BCUT2D eigenvalue weighted by Crippen LogP contribution is -2.23. The van der Waals surface area contributed by atoms with Crippen LogP contribution in [0.2, 0.25) is 0 Å². The Bertz CT molecular complexity index is 139. The van der Waals surface area contributed by atoms with Crippen LogP contribution >= 0.6 is 0 Å². The minimum atomic E-state index is -0.201. The molecule has 0 radical (unpaired) electrons. The zero-order chi connectivity index (χ0) is 7.40. The molecule has 2 heteroatoms. The van der Waals surface area contributed by atoms with E-state index in [9.17, 15) is 5.11 Å². The maximum Gasteiger partial charge on any atom is 0.0625 e. The second-order valence-corrected chi connectivity index (χ2v) is 2.97. The summed E-state index contributed by atoms with van der Waals surface area (Å²) < 4.78 is 0. The Labute approximate surface area is 61.5 Å². The highest BCUT2D eigenvalue weighted by atomic mass is 16.3. The van der Waals surface area contributed by atoms with Gasteiger partial charge in [-0.25, -0.2) is 0 Å². The number of rotatable bonds is 1. The number of hydrogen-bond acceptors (Lipinski definition) is 2. The van der Waals surface area contributed by atoms with Crippen LogP contribution in [0.5, 0.6) is 0 Å². The third kappa shape index (κ3) is 1.71. The standard InChI is InChI=1S/C8H13NO/c9-6-5-7-3-1-2-4-8(7)10/h7-8,10H,1-5H2/t7-,8?/m0/s1. The highest BCUT2D eigenvalue weighted by molar-refractivity contribution is 4.82. The van der Waals surface area contributed by atoms with E-state index in [0.29, 0.717) is 6.42 Å². The van der Waals surface area contributed by atoms with Gasteiger partial charge in [-0.15, -0.1) is 0 Å². The van der Waals surface area contributed by atoms with E-state index < -0.39 is 0 Å². The van der Waals surface area contributed by atoms with Gasteiger partial charge in [-0.2, -0.15) is 5.26 Å². The van der Waals surface area contributed by atoms with Crippen molar-refractivity contribution in [1.82, 2.24) is 0 Å². The van der Waals surface area contributed by atoms with Gasteiger partial charge < -0.3 is 5.11 Å². The summed E-state index contributed by atoms with van der Waals surface area (Å²) in [4.78, 5) is 0. The van der Waals surface area contributed by atoms with Crippen LogP contribution in [0.15, 0.2) is 0 Å². The Balaban J connectivity index is 2.34. The van der Waals surface area contributed by atoms with Gasteiger partial charge in [-0.1, -0.05) is 12.8 Å². The number of nitrogens with zero attached hydrogens (tertiary/aromatic N) is 1. The lowest BCUT2D eigenvalue weighted by atomic mass is 9.85. The Kier molecular flexibility index (Phi) is 2.70. The summed E-state index contributed by atoms with van der Waals surface area (Å²) in [5, 5.41) is 17.7. The van der Waals surface area contributed by atoms with Gasteiger partial charge in [-0.05, 0) is 18.8 Å². The smallest absolute Gasteiger partial charge is 0.0625 e. The van der Waals surface area contributed by atoms with Gasteiger partial charge >= 0.3 is 0 Å². The number of nitriles is 1. The molecule has 1 aliphatic rings. The average molecular weight is 139 g/mol. The van der Waals surface area contributed by atoms with Crippen LogP contribution in [0, 0.1) is 17.2 Å². The minimum absolute atomic E-state index is 0.201. The van der Waals surface area contributed by atoms with E-state index in [4.69, 9.17) is 5.26 Å². The van der Waals surface area contributed by atoms with Crippen molar-refractivity contribution < 1.29 is 5.11 Å². The second kappa shape index (κ2) is 3.58. The van der Waals surface area contributed by atoms with E-state index in [1.54, 1.807) is 0 Å². The zero-order valence-corrected chi connectivity index (χ0v) is 6.08. The van der Waals surface area contributed by atoms with E-state index in [1.165, 1.54) is 6.42 Å². The van der Waals surface area contributed by atoms with Gasteiger partial charge in [-0.3, -0.25) is 0 Å². The highest BCUT2D eigenvalue weighted by Gasteiger charge is 2.21. The highest BCUT2D eigenvalue weighted by Crippen LogP contribution is 2.26. The molecule has 0 saturated heterocycles. The summed E-state index contributed by atoms with van der Waals surface area (Å²) in [5.41, 5.74) is 0. The molecule has 0 spiro atoms. The van der Waals surface area contributed by atoms with Crippen molar-refractivity contribution in [3.05, 3.63) is 0 Å². The summed E-state index contributed by atoms with van der Waals surface area (Å²) >= 11 is 0. The first kappa shape index (κ1) is 7.56. The molecule has 2 atom stereocenters. The molecule has 0 bridgehead atoms. The number of aliphatic hydroxyl groups is 1. The third-order valence-electron chi connectivity index (χ3n) is 2.22. The Morgan fingerprint density at radius 2 is 2.10 bits per heavy atom. The van der Waals surface area contributed by atoms with E-state index in [2.05, 4.69) is 6.07 Å². The van der Waals surface area contributed by atoms with Gasteiger partial charge in [0.25, 0.3) is 0 Å². The lowest BCUT2D eigenvalue weighted by molar-refractivity contribution is 0.0722. The maximum atomic E-state index is 9.35. The molecule has 0 aromatic heterocycles. The maximum absolute atomic E-state index is 9.35.